The number of carbonyl (C=O) groups is 3. The Bertz CT molecular complexity index is 1090. The molecule has 7 unspecified atom stereocenters. The molecule has 7 atom stereocenters. The van der Waals surface area contributed by atoms with Crippen molar-refractivity contribution in [3.63, 3.8) is 0 Å². The molecular formula is C39H70N2O6. The van der Waals surface area contributed by atoms with Gasteiger partial charge in [0.05, 0.1) is 6.42 Å². The van der Waals surface area contributed by atoms with E-state index in [4.69, 9.17) is 14.2 Å². The fraction of sp³-hybridized carbons (Fsp3) is 0.923. The summed E-state index contributed by atoms with van der Waals surface area (Å²) in [5, 5.41) is 7.48. The number of hydrogen-bond donors (Lipinski definition) is 2. The Labute approximate surface area is 287 Å². The molecule has 0 aromatic heterocycles. The third-order valence-corrected chi connectivity index (χ3v) is 12.1. The van der Waals surface area contributed by atoms with E-state index in [1.807, 2.05) is 0 Å². The Hall–Kier alpha value is -1.67. The molecule has 2 aliphatic heterocycles. The van der Waals surface area contributed by atoms with Crippen LogP contribution in [0.15, 0.2) is 0 Å². The second-order valence-electron chi connectivity index (χ2n) is 19.5. The Morgan fingerprint density at radius 1 is 0.574 bits per heavy atom. The molecular weight excluding hydrogens is 592 g/mol. The maximum Gasteiger partial charge on any atom is 0.321 e. The summed E-state index contributed by atoms with van der Waals surface area (Å²) in [6.45, 7) is 32.6. The van der Waals surface area contributed by atoms with Crippen LogP contribution in [0.3, 0.4) is 0 Å². The molecule has 0 aromatic rings. The van der Waals surface area contributed by atoms with Crippen molar-refractivity contribution in [2.24, 2.45) is 34.5 Å². The van der Waals surface area contributed by atoms with E-state index in [2.05, 4.69) is 114 Å². The number of rotatable bonds is 10. The first kappa shape index (κ1) is 39.8. The zero-order chi connectivity index (χ0) is 36.0. The highest BCUT2D eigenvalue weighted by atomic mass is 16.6. The number of hydrogen-bond acceptors (Lipinski definition) is 8. The van der Waals surface area contributed by atoms with Crippen LogP contribution in [0.5, 0.6) is 0 Å². The molecule has 2 heterocycles. The number of carbonyl (C=O) groups excluding carboxylic acids is 3. The number of nitrogens with one attached hydrogen (secondary N) is 2. The molecule has 0 radical (unpaired) electrons. The van der Waals surface area contributed by atoms with Crippen LogP contribution in [-0.2, 0) is 28.6 Å². The van der Waals surface area contributed by atoms with Gasteiger partial charge in [-0.1, -0.05) is 62.3 Å². The zero-order valence-corrected chi connectivity index (χ0v) is 32.6. The quantitative estimate of drug-likeness (QED) is 0.139. The van der Waals surface area contributed by atoms with Crippen LogP contribution in [0, 0.1) is 34.5 Å². The monoisotopic (exact) mass is 663 g/mol. The Kier molecular flexibility index (Phi) is 11.8. The molecule has 0 aromatic carbocycles. The predicted molar refractivity (Wildman–Crippen MR) is 188 cm³/mol. The molecule has 3 rings (SSSR count). The minimum Gasteiger partial charge on any atom is -0.462 e. The standard InChI is InChI=1S/C39H70N2O6/c1-24(2)37(13)20-27(17-34(7,8)23-37)46-32(43)30(33(44)47-29-19-36(11,12)41-39(15,22-29)26(5)6)16-31(42)45-28-18-35(9,10)40-38(14,21-28)25(3)4/h24-30,40-41H,16-23H2,1-15H3. The largest absolute Gasteiger partial charge is 0.462 e. The lowest BCUT2D eigenvalue weighted by molar-refractivity contribution is -0.179. The lowest BCUT2D eigenvalue weighted by Crippen LogP contribution is -2.63. The topological polar surface area (TPSA) is 103 Å². The summed E-state index contributed by atoms with van der Waals surface area (Å²) < 4.78 is 18.4. The molecule has 2 N–H and O–H groups in total. The van der Waals surface area contributed by atoms with E-state index in [0.717, 1.165) is 12.8 Å². The summed E-state index contributed by atoms with van der Waals surface area (Å²) in [5.41, 5.74) is -0.996. The van der Waals surface area contributed by atoms with Crippen molar-refractivity contribution >= 4 is 17.9 Å². The summed E-state index contributed by atoms with van der Waals surface area (Å²) in [5.74, 6) is -2.29. The smallest absolute Gasteiger partial charge is 0.321 e. The van der Waals surface area contributed by atoms with Gasteiger partial charge >= 0.3 is 17.9 Å². The highest BCUT2D eigenvalue weighted by Gasteiger charge is 2.48. The van der Waals surface area contributed by atoms with Gasteiger partial charge in [0.15, 0.2) is 5.92 Å². The van der Waals surface area contributed by atoms with Crippen LogP contribution < -0.4 is 10.6 Å². The average molecular weight is 663 g/mol. The van der Waals surface area contributed by atoms with Gasteiger partial charge in [-0.3, -0.25) is 14.4 Å². The SMILES string of the molecule is CC(C)C1(C)CC(OC(=O)C(CC(=O)OC2CC(C)(C)NC(C)(C(C)C)C2)C(=O)OC2CC(C)(C)NC(C)(C(C)C)C2)CC(C)(C)C1. The van der Waals surface area contributed by atoms with Gasteiger partial charge in [0.2, 0.25) is 0 Å². The Balaban J connectivity index is 1.85. The Morgan fingerprint density at radius 2 is 0.979 bits per heavy atom. The van der Waals surface area contributed by atoms with E-state index < -0.39 is 36.4 Å². The first-order valence-electron chi connectivity index (χ1n) is 18.4. The van der Waals surface area contributed by atoms with Crippen molar-refractivity contribution in [2.45, 2.75) is 196 Å². The van der Waals surface area contributed by atoms with Crippen LogP contribution in [0.2, 0.25) is 0 Å². The lowest BCUT2D eigenvalue weighted by atomic mass is 9.59. The Morgan fingerprint density at radius 3 is 1.38 bits per heavy atom. The van der Waals surface area contributed by atoms with Gasteiger partial charge < -0.3 is 24.8 Å². The normalized spacial score (nSPS) is 35.7. The molecule has 0 spiro atoms. The van der Waals surface area contributed by atoms with Gasteiger partial charge in [0.25, 0.3) is 0 Å². The number of piperidine rings is 2. The lowest BCUT2D eigenvalue weighted by Gasteiger charge is -2.50. The van der Waals surface area contributed by atoms with Gasteiger partial charge in [0, 0.05) is 47.8 Å². The van der Waals surface area contributed by atoms with Gasteiger partial charge in [-0.2, -0.15) is 0 Å². The first-order chi connectivity index (χ1) is 21.2. The minimum absolute atomic E-state index is 0.00545. The van der Waals surface area contributed by atoms with Crippen LogP contribution >= 0.6 is 0 Å². The third-order valence-electron chi connectivity index (χ3n) is 12.1. The summed E-state index contributed by atoms with van der Waals surface area (Å²) in [6, 6.07) is 0. The van der Waals surface area contributed by atoms with E-state index in [9.17, 15) is 14.4 Å². The van der Waals surface area contributed by atoms with E-state index in [-0.39, 0.29) is 45.2 Å². The van der Waals surface area contributed by atoms with Crippen molar-refractivity contribution in [3.8, 4) is 0 Å². The second-order valence-corrected chi connectivity index (χ2v) is 19.5. The average Bonchev–Trinajstić information content (AvgIpc) is 2.83. The van der Waals surface area contributed by atoms with Crippen molar-refractivity contribution in [2.75, 3.05) is 0 Å². The molecule has 8 heteroatoms. The summed E-state index contributed by atoms with van der Waals surface area (Å²) in [4.78, 5) is 41.7. The molecule has 1 aliphatic carbocycles. The van der Waals surface area contributed by atoms with E-state index in [1.165, 1.54) is 0 Å². The van der Waals surface area contributed by atoms with Crippen molar-refractivity contribution in [1.29, 1.82) is 0 Å². The van der Waals surface area contributed by atoms with E-state index >= 15 is 0 Å². The van der Waals surface area contributed by atoms with Gasteiger partial charge in [-0.05, 0) is 89.4 Å². The fourth-order valence-corrected chi connectivity index (χ4v) is 9.03. The number of esters is 3. The molecule has 3 aliphatic rings. The molecule has 3 fully saturated rings. The molecule has 8 nitrogen and oxygen atoms in total. The molecule has 272 valence electrons. The highest BCUT2D eigenvalue weighted by Crippen LogP contribution is 2.51. The van der Waals surface area contributed by atoms with E-state index in [0.29, 0.717) is 49.9 Å². The maximum absolute atomic E-state index is 14.0. The van der Waals surface area contributed by atoms with Crippen molar-refractivity contribution in [1.82, 2.24) is 10.6 Å². The fourth-order valence-electron chi connectivity index (χ4n) is 9.03. The van der Waals surface area contributed by atoms with Crippen LogP contribution in [0.25, 0.3) is 0 Å². The molecule has 2 saturated heterocycles. The van der Waals surface area contributed by atoms with Crippen molar-refractivity contribution < 1.29 is 28.6 Å². The van der Waals surface area contributed by atoms with Crippen LogP contribution in [0.4, 0.5) is 0 Å². The summed E-state index contributed by atoms with van der Waals surface area (Å²) in [6.07, 6.45) is 3.52. The molecule has 0 bridgehead atoms. The maximum atomic E-state index is 14.0. The van der Waals surface area contributed by atoms with Gasteiger partial charge in [-0.15, -0.1) is 0 Å². The summed E-state index contributed by atoms with van der Waals surface area (Å²) >= 11 is 0. The van der Waals surface area contributed by atoms with Crippen molar-refractivity contribution in [3.05, 3.63) is 0 Å². The first-order valence-corrected chi connectivity index (χ1v) is 18.4. The summed E-state index contributed by atoms with van der Waals surface area (Å²) in [7, 11) is 0. The molecule has 1 saturated carbocycles. The third kappa shape index (κ3) is 10.2. The van der Waals surface area contributed by atoms with Crippen LogP contribution in [0.1, 0.15) is 155 Å². The van der Waals surface area contributed by atoms with Gasteiger partial charge in [0.1, 0.15) is 18.3 Å². The zero-order valence-electron chi connectivity index (χ0n) is 32.6. The minimum atomic E-state index is -1.38. The van der Waals surface area contributed by atoms with Crippen LogP contribution in [-0.4, -0.2) is 58.4 Å². The van der Waals surface area contributed by atoms with Gasteiger partial charge in [-0.25, -0.2) is 0 Å². The molecule has 47 heavy (non-hydrogen) atoms. The second kappa shape index (κ2) is 13.9. The highest BCUT2D eigenvalue weighted by molar-refractivity contribution is 5.98. The molecule has 0 amide bonds. The predicted octanol–water partition coefficient (Wildman–Crippen LogP) is 7.75. The van der Waals surface area contributed by atoms with E-state index in [1.54, 1.807) is 0 Å². The number of ether oxygens (including phenoxy) is 3.